The van der Waals surface area contributed by atoms with Gasteiger partial charge < -0.3 is 15.1 Å². The number of likely N-dealkylation sites (tertiary alicyclic amines) is 1. The number of halogens is 1. The van der Waals surface area contributed by atoms with Crippen molar-refractivity contribution in [1.29, 1.82) is 0 Å². The molecule has 2 N–H and O–H groups in total. The van der Waals surface area contributed by atoms with Gasteiger partial charge in [0.1, 0.15) is 5.76 Å². The van der Waals surface area contributed by atoms with Crippen molar-refractivity contribution in [2.75, 3.05) is 20.1 Å². The molecular weight excluding hydrogens is 451 g/mol. The smallest absolute Gasteiger partial charge is 0.191 e. The maximum atomic E-state index is 5.32. The van der Waals surface area contributed by atoms with Gasteiger partial charge in [0.25, 0.3) is 0 Å². The van der Waals surface area contributed by atoms with Crippen LogP contribution in [0, 0.1) is 5.92 Å². The Morgan fingerprint density at radius 3 is 2.37 bits per heavy atom. The average molecular weight is 482 g/mol. The summed E-state index contributed by atoms with van der Waals surface area (Å²) < 4.78 is 5.32. The highest BCUT2D eigenvalue weighted by Crippen LogP contribution is 2.18. The number of hydrogen-bond donors (Lipinski definition) is 2. The number of nitrogens with zero attached hydrogens (tertiary/aromatic N) is 2. The van der Waals surface area contributed by atoms with Crippen molar-refractivity contribution in [3.8, 4) is 0 Å². The molecule has 1 fully saturated rings. The zero-order valence-corrected chi connectivity index (χ0v) is 18.6. The van der Waals surface area contributed by atoms with Crippen molar-refractivity contribution in [2.24, 2.45) is 10.9 Å². The Bertz CT molecular complexity index is 677. The molecule has 0 saturated carbocycles. The van der Waals surface area contributed by atoms with Crippen LogP contribution in [0.2, 0.25) is 0 Å². The van der Waals surface area contributed by atoms with Crippen LogP contribution in [0.4, 0.5) is 0 Å². The fourth-order valence-electron chi connectivity index (χ4n) is 3.23. The molecule has 6 heteroatoms. The third-order valence-electron chi connectivity index (χ3n) is 5.00. The molecule has 0 amide bonds. The first-order valence-corrected chi connectivity index (χ1v) is 9.50. The lowest BCUT2D eigenvalue weighted by atomic mass is 9.99. The van der Waals surface area contributed by atoms with Crippen molar-refractivity contribution >= 4 is 29.9 Å². The summed E-state index contributed by atoms with van der Waals surface area (Å²) in [6.45, 7) is 7.24. The highest BCUT2D eigenvalue weighted by atomic mass is 127. The van der Waals surface area contributed by atoms with Crippen molar-refractivity contribution in [1.82, 2.24) is 15.5 Å². The van der Waals surface area contributed by atoms with Crippen molar-refractivity contribution in [3.63, 3.8) is 0 Å². The number of guanidine groups is 1. The third kappa shape index (κ3) is 7.18. The lowest BCUT2D eigenvalue weighted by Gasteiger charge is -2.30. The van der Waals surface area contributed by atoms with Crippen LogP contribution < -0.4 is 10.6 Å². The minimum absolute atomic E-state index is 0. The molecule has 2 heterocycles. The molecule has 27 heavy (non-hydrogen) atoms. The summed E-state index contributed by atoms with van der Waals surface area (Å²) in [5.74, 6) is 2.55. The summed E-state index contributed by atoms with van der Waals surface area (Å²) in [4.78, 5) is 6.81. The monoisotopic (exact) mass is 482 g/mol. The highest BCUT2D eigenvalue weighted by Gasteiger charge is 2.15. The van der Waals surface area contributed by atoms with Gasteiger partial charge in [0, 0.05) is 20.1 Å². The fourth-order valence-corrected chi connectivity index (χ4v) is 3.23. The van der Waals surface area contributed by atoms with Crippen LogP contribution in [0.15, 0.2) is 52.1 Å². The number of nitrogens with one attached hydrogen (secondary N) is 2. The zero-order valence-electron chi connectivity index (χ0n) is 16.3. The minimum Gasteiger partial charge on any atom is -0.467 e. The van der Waals surface area contributed by atoms with E-state index in [1.807, 2.05) is 12.1 Å². The molecule has 148 valence electrons. The van der Waals surface area contributed by atoms with E-state index in [-0.39, 0.29) is 24.0 Å². The number of hydrogen-bond acceptors (Lipinski definition) is 3. The predicted molar refractivity (Wildman–Crippen MR) is 121 cm³/mol. The lowest BCUT2D eigenvalue weighted by Crippen LogP contribution is -2.36. The first-order valence-electron chi connectivity index (χ1n) is 9.50. The molecular formula is C21H31IN4O. The van der Waals surface area contributed by atoms with Gasteiger partial charge >= 0.3 is 0 Å². The van der Waals surface area contributed by atoms with Gasteiger partial charge in [-0.25, -0.2) is 0 Å². The Morgan fingerprint density at radius 2 is 1.74 bits per heavy atom. The largest absolute Gasteiger partial charge is 0.467 e. The van der Waals surface area contributed by atoms with E-state index < -0.39 is 0 Å². The van der Waals surface area contributed by atoms with Gasteiger partial charge in [-0.15, -0.1) is 24.0 Å². The van der Waals surface area contributed by atoms with Gasteiger partial charge in [0.05, 0.1) is 12.8 Å². The fraction of sp³-hybridized carbons (Fsp3) is 0.476. The van der Waals surface area contributed by atoms with Gasteiger partial charge in [-0.05, 0) is 55.1 Å². The summed E-state index contributed by atoms with van der Waals surface area (Å²) in [6.07, 6.45) is 4.33. The number of benzene rings is 1. The van der Waals surface area contributed by atoms with Crippen molar-refractivity contribution < 1.29 is 4.42 Å². The highest BCUT2D eigenvalue weighted by molar-refractivity contribution is 14.0. The SMILES string of the molecule is CN=C(NCc1ccc(CN2CCC(C)CC2)cc1)NCc1ccco1.I. The van der Waals surface area contributed by atoms with E-state index in [1.54, 1.807) is 13.3 Å². The third-order valence-corrected chi connectivity index (χ3v) is 5.00. The molecule has 0 atom stereocenters. The van der Waals surface area contributed by atoms with E-state index in [1.165, 1.54) is 37.1 Å². The van der Waals surface area contributed by atoms with E-state index in [0.29, 0.717) is 6.54 Å². The second-order valence-electron chi connectivity index (χ2n) is 7.13. The number of furan rings is 1. The predicted octanol–water partition coefficient (Wildman–Crippen LogP) is 3.99. The number of rotatable bonds is 6. The Kier molecular flexibility index (Phi) is 9.14. The molecule has 1 aromatic heterocycles. The van der Waals surface area contributed by atoms with Gasteiger partial charge in [-0.3, -0.25) is 9.89 Å². The van der Waals surface area contributed by atoms with Crippen LogP contribution in [-0.2, 0) is 19.6 Å². The molecule has 2 aromatic rings. The maximum absolute atomic E-state index is 5.32. The second-order valence-corrected chi connectivity index (χ2v) is 7.13. The molecule has 0 radical (unpaired) electrons. The van der Waals surface area contributed by atoms with Crippen LogP contribution >= 0.6 is 24.0 Å². The summed E-state index contributed by atoms with van der Waals surface area (Å²) in [6, 6.07) is 12.7. The Labute approximate surface area is 179 Å². The molecule has 1 saturated heterocycles. The van der Waals surface area contributed by atoms with E-state index in [0.717, 1.165) is 30.7 Å². The lowest BCUT2D eigenvalue weighted by molar-refractivity contribution is 0.185. The molecule has 1 aliphatic rings. The Morgan fingerprint density at radius 1 is 1.07 bits per heavy atom. The van der Waals surface area contributed by atoms with E-state index in [9.17, 15) is 0 Å². The number of piperidine rings is 1. The molecule has 0 unspecified atom stereocenters. The van der Waals surface area contributed by atoms with E-state index >= 15 is 0 Å². The molecule has 0 spiro atoms. The molecule has 1 aromatic carbocycles. The van der Waals surface area contributed by atoms with Crippen LogP contribution in [0.1, 0.15) is 36.7 Å². The minimum atomic E-state index is 0. The standard InChI is InChI=1S/C21H30N4O.HI/c1-17-9-11-25(12-10-17)16-19-7-5-18(6-8-19)14-23-21(22-2)24-15-20-4-3-13-26-20;/h3-8,13,17H,9-12,14-16H2,1-2H3,(H2,22,23,24);1H. The van der Waals surface area contributed by atoms with Gasteiger partial charge in [-0.2, -0.15) is 0 Å². The number of aliphatic imine (C=N–C) groups is 1. The first-order chi connectivity index (χ1) is 12.7. The Hall–Kier alpha value is -1.54. The molecule has 3 rings (SSSR count). The van der Waals surface area contributed by atoms with Crippen LogP contribution in [0.25, 0.3) is 0 Å². The average Bonchev–Trinajstić information content (AvgIpc) is 3.18. The molecule has 0 bridgehead atoms. The van der Waals surface area contributed by atoms with Crippen LogP contribution in [-0.4, -0.2) is 31.0 Å². The summed E-state index contributed by atoms with van der Waals surface area (Å²) in [5.41, 5.74) is 2.64. The quantitative estimate of drug-likeness (QED) is 0.372. The van der Waals surface area contributed by atoms with Crippen LogP contribution in [0.5, 0.6) is 0 Å². The molecule has 0 aliphatic carbocycles. The summed E-state index contributed by atoms with van der Waals surface area (Å²) in [5, 5.41) is 6.59. The molecule has 1 aliphatic heterocycles. The van der Waals surface area contributed by atoms with Crippen molar-refractivity contribution in [2.45, 2.75) is 39.4 Å². The van der Waals surface area contributed by atoms with Gasteiger partial charge in [-0.1, -0.05) is 31.2 Å². The van der Waals surface area contributed by atoms with Gasteiger partial charge in [0.15, 0.2) is 5.96 Å². The van der Waals surface area contributed by atoms with Crippen LogP contribution in [0.3, 0.4) is 0 Å². The second kappa shape index (κ2) is 11.3. The maximum Gasteiger partial charge on any atom is 0.191 e. The van der Waals surface area contributed by atoms with E-state index in [4.69, 9.17) is 4.42 Å². The summed E-state index contributed by atoms with van der Waals surface area (Å²) in [7, 11) is 1.78. The van der Waals surface area contributed by atoms with Crippen molar-refractivity contribution in [3.05, 3.63) is 59.5 Å². The normalized spacial score (nSPS) is 16.0. The first kappa shape index (κ1) is 21.8. The molecule has 5 nitrogen and oxygen atoms in total. The Balaban J connectivity index is 0.00000261. The zero-order chi connectivity index (χ0) is 18.2. The van der Waals surface area contributed by atoms with E-state index in [2.05, 4.69) is 51.7 Å². The summed E-state index contributed by atoms with van der Waals surface area (Å²) >= 11 is 0. The topological polar surface area (TPSA) is 52.8 Å². The van der Waals surface area contributed by atoms with Gasteiger partial charge in [0.2, 0.25) is 0 Å².